The third-order valence-electron chi connectivity index (χ3n) is 7.08. The maximum atomic E-state index is 10.7. The van der Waals surface area contributed by atoms with Crippen LogP contribution in [0.4, 0.5) is 0 Å². The Morgan fingerprint density at radius 1 is 0.516 bits per heavy atom. The van der Waals surface area contributed by atoms with Gasteiger partial charge in [0.05, 0.1) is 0 Å². The fourth-order valence-corrected chi connectivity index (χ4v) is 4.52. The van der Waals surface area contributed by atoms with Crippen molar-refractivity contribution in [3.05, 3.63) is 172 Å². The van der Waals surface area contributed by atoms with Gasteiger partial charge in [-0.15, -0.1) is 17.7 Å². The standard InChI is InChI=1S/C12H14O.C12H14.C10H14.C9H11.3C2H3O.4C2H6.3Y/c1-9-4-6-12(10(2)8-9)7-5-11(3)13;1-9(2)7-12-6-5-10(3)8-11(12)4;1-4-10-6-5-8(2)7-9(10)3;1-7-4-5-8(2)9(3)6-7;3*1-2-3;4*1-2;;;/h4-8H,1-3H3;5-8H,1-2H2,3-4H3;5-7H,4H2,1-3H3;4-6H,2H2,1,3H3;3*1H3;4*1-2H3;;;/q;-2;;4*-1;;;;;;;/b7-5+;;;;;;;;;;;;;. The van der Waals surface area contributed by atoms with E-state index >= 15 is 0 Å². The zero-order valence-corrected chi connectivity index (χ0v) is 52.9. The summed E-state index contributed by atoms with van der Waals surface area (Å²) < 4.78 is 0. The Balaban J connectivity index is -0.0000000673. The van der Waals surface area contributed by atoms with E-state index < -0.39 is 0 Å². The molecule has 0 bridgehead atoms. The number of ketones is 1. The summed E-state index contributed by atoms with van der Waals surface area (Å²) in [6, 6.07) is 25.4. The van der Waals surface area contributed by atoms with Crippen molar-refractivity contribution in [3.8, 4) is 0 Å². The van der Waals surface area contributed by atoms with Crippen LogP contribution in [0, 0.1) is 76.2 Å². The molecule has 0 fully saturated rings. The maximum Gasteiger partial charge on any atom is 0.152 e. The molecule has 4 rings (SSSR count). The Bertz CT molecular complexity index is 1720. The minimum absolute atomic E-state index is 0. The molecular formula is C57H86O4Y3-6. The Labute approximate surface area is 472 Å². The predicted molar refractivity (Wildman–Crippen MR) is 275 cm³/mol. The van der Waals surface area contributed by atoms with E-state index in [0.29, 0.717) is 0 Å². The number of benzene rings is 4. The molecule has 64 heavy (non-hydrogen) atoms. The quantitative estimate of drug-likeness (QED) is 0.151. The Morgan fingerprint density at radius 3 is 1.08 bits per heavy atom. The van der Waals surface area contributed by atoms with Crippen molar-refractivity contribution in [2.45, 2.75) is 152 Å². The average molecular weight is 1100 g/mol. The van der Waals surface area contributed by atoms with Crippen LogP contribution in [0.3, 0.4) is 0 Å². The molecule has 4 aromatic carbocycles. The van der Waals surface area contributed by atoms with Crippen molar-refractivity contribution >= 4 is 36.8 Å². The van der Waals surface area contributed by atoms with Gasteiger partial charge in [0.15, 0.2) is 5.78 Å². The molecule has 0 saturated heterocycles. The van der Waals surface area contributed by atoms with Crippen LogP contribution in [0.25, 0.3) is 12.2 Å². The second kappa shape index (κ2) is 63.0. The number of rotatable bonds is 4. The smallest absolute Gasteiger partial charge is 0.152 e. The van der Waals surface area contributed by atoms with Gasteiger partial charge in [0.2, 0.25) is 0 Å². The van der Waals surface area contributed by atoms with Crippen molar-refractivity contribution < 1.29 is 117 Å². The summed E-state index contributed by atoms with van der Waals surface area (Å²) in [5.41, 5.74) is 16.1. The molecule has 0 aliphatic rings. The molecule has 0 spiro atoms. The van der Waals surface area contributed by atoms with E-state index in [-0.39, 0.29) is 104 Å². The Hall–Kier alpha value is -2.04. The van der Waals surface area contributed by atoms with E-state index in [1.54, 1.807) is 13.0 Å². The van der Waals surface area contributed by atoms with E-state index in [0.717, 1.165) is 23.1 Å². The third kappa shape index (κ3) is 56.1. The molecule has 0 heterocycles. The first-order valence-electron chi connectivity index (χ1n) is 21.4. The normalized spacial score (nSPS) is 7.83. The van der Waals surface area contributed by atoms with Crippen LogP contribution in [-0.4, -0.2) is 24.6 Å². The summed E-state index contributed by atoms with van der Waals surface area (Å²) in [5, 5.41) is 0. The van der Waals surface area contributed by atoms with Crippen LogP contribution in [0.2, 0.25) is 0 Å². The van der Waals surface area contributed by atoms with Crippen LogP contribution >= 0.6 is 0 Å². The van der Waals surface area contributed by atoms with Crippen LogP contribution in [0.15, 0.2) is 84.4 Å². The van der Waals surface area contributed by atoms with E-state index in [2.05, 4.69) is 131 Å². The number of carbonyl (C=O) groups is 1. The molecule has 3 radical (unpaired) electrons. The molecule has 0 atom stereocenters. The van der Waals surface area contributed by atoms with Crippen LogP contribution in [-0.2, 0) is 124 Å². The molecule has 353 valence electrons. The molecule has 0 aromatic heterocycles. The van der Waals surface area contributed by atoms with Crippen molar-refractivity contribution in [1.82, 2.24) is 0 Å². The predicted octanol–water partition coefficient (Wildman–Crippen LogP) is 16.1. The summed E-state index contributed by atoms with van der Waals surface area (Å²) in [6.45, 7) is 51.8. The molecule has 0 amide bonds. The summed E-state index contributed by atoms with van der Waals surface area (Å²) in [7, 11) is 0. The van der Waals surface area contributed by atoms with Crippen molar-refractivity contribution in [3.63, 3.8) is 0 Å². The maximum absolute atomic E-state index is 10.7. The van der Waals surface area contributed by atoms with Crippen molar-refractivity contribution in [1.29, 1.82) is 0 Å². The van der Waals surface area contributed by atoms with Crippen LogP contribution < -0.4 is 0 Å². The summed E-state index contributed by atoms with van der Waals surface area (Å²) in [5.74, 6) is 0.0833. The van der Waals surface area contributed by atoms with E-state index in [1.165, 1.54) is 95.3 Å². The van der Waals surface area contributed by atoms with Gasteiger partial charge in [0.1, 0.15) is 0 Å². The number of carbonyl (C=O) groups excluding carboxylic acids is 4. The largest absolute Gasteiger partial charge is 0.542 e. The Morgan fingerprint density at radius 2 is 0.812 bits per heavy atom. The molecule has 4 nitrogen and oxygen atoms in total. The second-order valence-electron chi connectivity index (χ2n) is 12.3. The van der Waals surface area contributed by atoms with E-state index in [4.69, 9.17) is 14.4 Å². The number of hydrogen-bond acceptors (Lipinski definition) is 4. The van der Waals surface area contributed by atoms with Gasteiger partial charge in [-0.05, 0) is 90.1 Å². The fourth-order valence-electron chi connectivity index (χ4n) is 4.52. The molecule has 0 saturated carbocycles. The molecular weight excluding hydrogens is 1020 g/mol. The average Bonchev–Trinajstić information content (AvgIpc) is 3.22. The van der Waals surface area contributed by atoms with Gasteiger partial charge in [-0.25, -0.2) is 0 Å². The zero-order chi connectivity index (χ0) is 49.5. The van der Waals surface area contributed by atoms with Crippen molar-refractivity contribution in [2.75, 3.05) is 0 Å². The fraction of sp³-hybridized carbons (Fsp3) is 0.386. The van der Waals surface area contributed by atoms with Gasteiger partial charge in [-0.1, -0.05) is 158 Å². The van der Waals surface area contributed by atoms with E-state index in [9.17, 15) is 4.79 Å². The van der Waals surface area contributed by atoms with E-state index in [1.807, 2.05) is 92.7 Å². The minimum atomic E-state index is 0. The molecule has 7 heteroatoms. The van der Waals surface area contributed by atoms with Gasteiger partial charge in [-0.3, -0.25) is 29.7 Å². The van der Waals surface area contributed by atoms with Gasteiger partial charge in [0.25, 0.3) is 0 Å². The van der Waals surface area contributed by atoms with Crippen molar-refractivity contribution in [2.24, 2.45) is 0 Å². The summed E-state index contributed by atoms with van der Waals surface area (Å²) in [6.07, 6.45) is 11.1. The molecule has 0 N–H and O–H groups in total. The van der Waals surface area contributed by atoms with Gasteiger partial charge < -0.3 is 33.8 Å². The number of hydrogen-bond donors (Lipinski definition) is 0. The Kier molecular flexibility index (Phi) is 84.0. The molecule has 4 aromatic rings. The van der Waals surface area contributed by atoms with Crippen LogP contribution in [0.5, 0.6) is 0 Å². The second-order valence-corrected chi connectivity index (χ2v) is 12.3. The van der Waals surface area contributed by atoms with Gasteiger partial charge >= 0.3 is 0 Å². The topological polar surface area (TPSA) is 68.3 Å². The number of aryl methyl sites for hydroxylation is 9. The first-order valence-corrected chi connectivity index (χ1v) is 21.4. The summed E-state index contributed by atoms with van der Waals surface area (Å²) in [4.78, 5) is 36.8. The molecule has 0 unspecified atom stereocenters. The minimum Gasteiger partial charge on any atom is -0.542 e. The van der Waals surface area contributed by atoms with Gasteiger partial charge in [-0.2, -0.15) is 44.9 Å². The third-order valence-corrected chi connectivity index (χ3v) is 7.08. The zero-order valence-electron chi connectivity index (χ0n) is 44.4. The first kappa shape index (κ1) is 85.3. The molecule has 0 aliphatic carbocycles. The summed E-state index contributed by atoms with van der Waals surface area (Å²) >= 11 is 0. The number of allylic oxidation sites excluding steroid dienone is 2. The van der Waals surface area contributed by atoms with Crippen LogP contribution in [0.1, 0.15) is 157 Å². The monoisotopic (exact) mass is 1100 g/mol. The SMILES string of the molecule is CC.CC.CC.CC.CC(=O)/C=C/c1ccc(C)cc1C.CCc1ccc(C)cc1C.C[C-]=O.C[C-]=O.C[C-]=O.[CH2-]C([CH2-])=Cc1ccc(C)cc1C.[CH2-]c1ccc(C)cc1C.[Y].[Y].[Y]. The van der Waals surface area contributed by atoms with Gasteiger partial charge in [0, 0.05) is 98.1 Å². The molecule has 0 aliphatic heterocycles. The first-order chi connectivity index (χ1) is 28.9.